The summed E-state index contributed by atoms with van der Waals surface area (Å²) in [5, 5.41) is 2.77. The van der Waals surface area contributed by atoms with E-state index >= 15 is 0 Å². The zero-order chi connectivity index (χ0) is 14.5. The standard InChI is InChI=1S/C14H24N2O4/c1-10-14(18)16(6-3-7-20-9-8-19-2)12(11-4-5-11)13(17)15-10/h10-12H,3-9H2,1-2H3,(H,15,17). The normalized spacial score (nSPS) is 26.8. The Kier molecular flexibility index (Phi) is 5.37. The largest absolute Gasteiger partial charge is 0.382 e. The van der Waals surface area contributed by atoms with Gasteiger partial charge in [0.1, 0.15) is 12.1 Å². The molecular formula is C14H24N2O4. The fourth-order valence-corrected chi connectivity index (χ4v) is 2.60. The molecule has 1 heterocycles. The first kappa shape index (κ1) is 15.3. The van der Waals surface area contributed by atoms with Crippen molar-refractivity contribution in [3.8, 4) is 0 Å². The highest BCUT2D eigenvalue weighted by Gasteiger charge is 2.46. The lowest BCUT2D eigenvalue weighted by atomic mass is 10.0. The minimum atomic E-state index is -0.410. The molecule has 6 nitrogen and oxygen atoms in total. The molecule has 2 rings (SSSR count). The molecule has 0 aromatic rings. The Morgan fingerprint density at radius 2 is 2.00 bits per heavy atom. The van der Waals surface area contributed by atoms with E-state index in [1.807, 2.05) is 0 Å². The Morgan fingerprint density at radius 3 is 2.65 bits per heavy atom. The predicted molar refractivity (Wildman–Crippen MR) is 73.1 cm³/mol. The third kappa shape index (κ3) is 3.70. The molecule has 2 amide bonds. The van der Waals surface area contributed by atoms with E-state index < -0.39 is 6.04 Å². The Morgan fingerprint density at radius 1 is 1.25 bits per heavy atom. The topological polar surface area (TPSA) is 67.9 Å². The van der Waals surface area contributed by atoms with E-state index in [0.717, 1.165) is 19.3 Å². The number of carbonyl (C=O) groups excluding carboxylic acids is 2. The van der Waals surface area contributed by atoms with Crippen LogP contribution in [0.15, 0.2) is 0 Å². The molecule has 1 N–H and O–H groups in total. The van der Waals surface area contributed by atoms with Gasteiger partial charge in [-0.25, -0.2) is 0 Å². The van der Waals surface area contributed by atoms with Crippen LogP contribution in [0.1, 0.15) is 26.2 Å². The van der Waals surface area contributed by atoms with Crippen molar-refractivity contribution in [2.24, 2.45) is 5.92 Å². The molecule has 1 aliphatic carbocycles. The number of nitrogens with zero attached hydrogens (tertiary/aromatic N) is 1. The lowest BCUT2D eigenvalue weighted by Gasteiger charge is -2.38. The van der Waals surface area contributed by atoms with Crippen LogP contribution in [0.4, 0.5) is 0 Å². The number of amides is 2. The number of piperazine rings is 1. The lowest BCUT2D eigenvalue weighted by molar-refractivity contribution is -0.149. The molecule has 1 aliphatic heterocycles. The van der Waals surface area contributed by atoms with Crippen molar-refractivity contribution in [3.63, 3.8) is 0 Å². The first-order chi connectivity index (χ1) is 9.65. The number of methoxy groups -OCH3 is 1. The van der Waals surface area contributed by atoms with Gasteiger partial charge in [0.2, 0.25) is 11.8 Å². The molecule has 6 heteroatoms. The van der Waals surface area contributed by atoms with Gasteiger partial charge in [-0.1, -0.05) is 0 Å². The van der Waals surface area contributed by atoms with E-state index in [0.29, 0.717) is 32.3 Å². The second-order valence-corrected chi connectivity index (χ2v) is 5.50. The highest BCUT2D eigenvalue weighted by atomic mass is 16.5. The minimum absolute atomic E-state index is 0.0000913. The average molecular weight is 284 g/mol. The maximum absolute atomic E-state index is 12.2. The summed E-state index contributed by atoms with van der Waals surface area (Å²) in [4.78, 5) is 26.0. The van der Waals surface area contributed by atoms with Crippen LogP contribution in [0.2, 0.25) is 0 Å². The molecule has 0 radical (unpaired) electrons. The second kappa shape index (κ2) is 7.04. The first-order valence-electron chi connectivity index (χ1n) is 7.32. The molecule has 0 aromatic heterocycles. The third-order valence-corrected chi connectivity index (χ3v) is 3.80. The quantitative estimate of drug-likeness (QED) is 0.645. The van der Waals surface area contributed by atoms with Crippen LogP contribution < -0.4 is 5.32 Å². The van der Waals surface area contributed by atoms with Crippen molar-refractivity contribution in [1.82, 2.24) is 10.2 Å². The Hall–Kier alpha value is -1.14. The first-order valence-corrected chi connectivity index (χ1v) is 7.32. The summed E-state index contributed by atoms with van der Waals surface area (Å²) in [5.74, 6) is 0.374. The van der Waals surface area contributed by atoms with Gasteiger partial charge >= 0.3 is 0 Å². The number of hydrogen-bond acceptors (Lipinski definition) is 4. The van der Waals surface area contributed by atoms with Crippen LogP contribution in [0, 0.1) is 5.92 Å². The highest BCUT2D eigenvalue weighted by Crippen LogP contribution is 2.37. The zero-order valence-corrected chi connectivity index (χ0v) is 12.3. The van der Waals surface area contributed by atoms with Crippen molar-refractivity contribution in [2.75, 3.05) is 33.5 Å². The number of ether oxygens (including phenoxy) is 2. The van der Waals surface area contributed by atoms with Crippen LogP contribution in [0.3, 0.4) is 0 Å². The van der Waals surface area contributed by atoms with Crippen LogP contribution in [-0.4, -0.2) is 62.3 Å². The van der Waals surface area contributed by atoms with E-state index in [2.05, 4.69) is 5.32 Å². The molecule has 20 heavy (non-hydrogen) atoms. The molecule has 1 saturated carbocycles. The van der Waals surface area contributed by atoms with Crippen LogP contribution in [0.25, 0.3) is 0 Å². The van der Waals surface area contributed by atoms with Gasteiger partial charge in [-0.2, -0.15) is 0 Å². The number of carbonyl (C=O) groups is 2. The van der Waals surface area contributed by atoms with Crippen molar-refractivity contribution in [2.45, 2.75) is 38.3 Å². The fraction of sp³-hybridized carbons (Fsp3) is 0.857. The second-order valence-electron chi connectivity index (χ2n) is 5.50. The molecule has 0 bridgehead atoms. The molecule has 0 aromatic carbocycles. The summed E-state index contributed by atoms with van der Waals surface area (Å²) >= 11 is 0. The fourth-order valence-electron chi connectivity index (χ4n) is 2.60. The van der Waals surface area contributed by atoms with Gasteiger partial charge in [0.25, 0.3) is 0 Å². The predicted octanol–water partition coefficient (Wildman–Crippen LogP) is 0.165. The molecule has 0 spiro atoms. The average Bonchev–Trinajstić information content (AvgIpc) is 3.23. The third-order valence-electron chi connectivity index (χ3n) is 3.80. The molecule has 1 saturated heterocycles. The summed E-state index contributed by atoms with van der Waals surface area (Å²) in [7, 11) is 1.63. The van der Waals surface area contributed by atoms with Gasteiger partial charge in [0, 0.05) is 20.3 Å². The van der Waals surface area contributed by atoms with Gasteiger partial charge in [-0.3, -0.25) is 9.59 Å². The van der Waals surface area contributed by atoms with Gasteiger partial charge in [-0.05, 0) is 32.1 Å². The molecule has 2 atom stereocenters. The van der Waals surface area contributed by atoms with E-state index in [-0.39, 0.29) is 17.9 Å². The summed E-state index contributed by atoms with van der Waals surface area (Å²) in [6, 6.07) is -0.676. The van der Waals surface area contributed by atoms with Gasteiger partial charge in [-0.15, -0.1) is 0 Å². The molecule has 2 unspecified atom stereocenters. The highest BCUT2D eigenvalue weighted by molar-refractivity contribution is 5.97. The maximum Gasteiger partial charge on any atom is 0.245 e. The monoisotopic (exact) mass is 284 g/mol. The van der Waals surface area contributed by atoms with Gasteiger partial charge in [0.15, 0.2) is 0 Å². The number of rotatable bonds is 8. The number of hydrogen-bond donors (Lipinski definition) is 1. The Bertz CT molecular complexity index is 357. The van der Waals surface area contributed by atoms with Crippen molar-refractivity contribution in [1.29, 1.82) is 0 Å². The van der Waals surface area contributed by atoms with Crippen molar-refractivity contribution >= 4 is 11.8 Å². The van der Waals surface area contributed by atoms with E-state index in [4.69, 9.17) is 9.47 Å². The van der Waals surface area contributed by atoms with Crippen LogP contribution in [0.5, 0.6) is 0 Å². The maximum atomic E-state index is 12.2. The van der Waals surface area contributed by atoms with Gasteiger partial charge in [0.05, 0.1) is 13.2 Å². The molecule has 114 valence electrons. The number of nitrogens with one attached hydrogen (secondary N) is 1. The summed E-state index contributed by atoms with van der Waals surface area (Å²) < 4.78 is 10.3. The van der Waals surface area contributed by atoms with Crippen molar-refractivity contribution < 1.29 is 19.1 Å². The van der Waals surface area contributed by atoms with Crippen LogP contribution >= 0.6 is 0 Å². The smallest absolute Gasteiger partial charge is 0.245 e. The molecule has 2 aliphatic rings. The zero-order valence-electron chi connectivity index (χ0n) is 12.3. The van der Waals surface area contributed by atoms with Gasteiger partial charge < -0.3 is 19.7 Å². The summed E-state index contributed by atoms with van der Waals surface area (Å²) in [5.41, 5.74) is 0. The SMILES string of the molecule is COCCOCCCN1C(=O)C(C)NC(=O)C1C1CC1. The Labute approximate surface area is 119 Å². The summed E-state index contributed by atoms with van der Waals surface area (Å²) in [6.45, 7) is 4.05. The van der Waals surface area contributed by atoms with Crippen LogP contribution in [-0.2, 0) is 19.1 Å². The Balaban J connectivity index is 1.82. The summed E-state index contributed by atoms with van der Waals surface area (Å²) in [6.07, 6.45) is 2.83. The van der Waals surface area contributed by atoms with E-state index in [1.54, 1.807) is 18.9 Å². The minimum Gasteiger partial charge on any atom is -0.382 e. The van der Waals surface area contributed by atoms with E-state index in [9.17, 15) is 9.59 Å². The van der Waals surface area contributed by atoms with Crippen molar-refractivity contribution in [3.05, 3.63) is 0 Å². The van der Waals surface area contributed by atoms with E-state index in [1.165, 1.54) is 0 Å². The molecular weight excluding hydrogens is 260 g/mol. The molecule has 2 fully saturated rings. The lowest BCUT2D eigenvalue weighted by Crippen LogP contribution is -2.63.